The number of ether oxygens (including phenoxy) is 1. The zero-order valence-electron chi connectivity index (χ0n) is 10.2. The number of nitrogen functional groups attached to an aromatic ring is 1. The van der Waals surface area contributed by atoms with Crippen molar-refractivity contribution in [2.45, 2.75) is 13.3 Å². The molecule has 1 aromatic carbocycles. The summed E-state index contributed by atoms with van der Waals surface area (Å²) >= 11 is 0. The molecule has 0 atom stereocenters. The maximum Gasteiger partial charge on any atom is 0.239 e. The molecule has 0 fully saturated rings. The largest absolute Gasteiger partial charge is 0.497 e. The summed E-state index contributed by atoms with van der Waals surface area (Å²) < 4.78 is 5.09. The molecule has 5 nitrogen and oxygen atoms in total. The van der Waals surface area contributed by atoms with E-state index in [-0.39, 0.29) is 12.5 Å². The highest BCUT2D eigenvalue weighted by Gasteiger charge is 2.04. The van der Waals surface area contributed by atoms with Crippen LogP contribution in [0.2, 0.25) is 0 Å². The van der Waals surface area contributed by atoms with Gasteiger partial charge in [0.1, 0.15) is 5.75 Å². The van der Waals surface area contributed by atoms with E-state index < -0.39 is 0 Å². The van der Waals surface area contributed by atoms with Crippen LogP contribution < -0.4 is 21.1 Å². The van der Waals surface area contributed by atoms with Gasteiger partial charge in [-0.3, -0.25) is 4.79 Å². The molecule has 0 spiro atoms. The SMILES string of the molecule is CCCNC(=O)CNc1cc(OC)ccc1N. The van der Waals surface area contributed by atoms with Crippen LogP contribution in [0.4, 0.5) is 11.4 Å². The van der Waals surface area contributed by atoms with Crippen molar-refractivity contribution in [2.24, 2.45) is 0 Å². The predicted octanol–water partition coefficient (Wildman–Crippen LogP) is 1.22. The number of nitrogens with one attached hydrogen (secondary N) is 2. The Morgan fingerprint density at radius 1 is 1.47 bits per heavy atom. The Balaban J connectivity index is 2.53. The number of amides is 1. The van der Waals surface area contributed by atoms with Gasteiger partial charge >= 0.3 is 0 Å². The molecule has 0 bridgehead atoms. The number of anilines is 2. The molecular weight excluding hydrogens is 218 g/mol. The van der Waals surface area contributed by atoms with E-state index in [4.69, 9.17) is 10.5 Å². The Bertz CT molecular complexity index is 380. The van der Waals surface area contributed by atoms with E-state index in [1.807, 2.05) is 6.92 Å². The van der Waals surface area contributed by atoms with Crippen molar-refractivity contribution in [1.29, 1.82) is 0 Å². The summed E-state index contributed by atoms with van der Waals surface area (Å²) in [5, 5.41) is 5.76. The van der Waals surface area contributed by atoms with Crippen LogP contribution in [0.5, 0.6) is 5.75 Å². The van der Waals surface area contributed by atoms with E-state index in [2.05, 4.69) is 10.6 Å². The van der Waals surface area contributed by atoms with E-state index in [1.165, 1.54) is 0 Å². The molecule has 17 heavy (non-hydrogen) atoms. The van der Waals surface area contributed by atoms with Crippen molar-refractivity contribution < 1.29 is 9.53 Å². The average Bonchev–Trinajstić information content (AvgIpc) is 2.35. The summed E-state index contributed by atoms with van der Waals surface area (Å²) in [7, 11) is 1.59. The Hall–Kier alpha value is -1.91. The van der Waals surface area contributed by atoms with Gasteiger partial charge in [-0.25, -0.2) is 0 Å². The molecule has 0 aliphatic heterocycles. The highest BCUT2D eigenvalue weighted by molar-refractivity contribution is 5.82. The lowest BCUT2D eigenvalue weighted by Gasteiger charge is -2.10. The fraction of sp³-hybridized carbons (Fsp3) is 0.417. The van der Waals surface area contributed by atoms with Gasteiger partial charge in [0.15, 0.2) is 0 Å². The van der Waals surface area contributed by atoms with Crippen LogP contribution >= 0.6 is 0 Å². The van der Waals surface area contributed by atoms with E-state index in [0.717, 1.165) is 6.42 Å². The Morgan fingerprint density at radius 3 is 2.88 bits per heavy atom. The third kappa shape index (κ3) is 4.22. The number of carbonyl (C=O) groups excluding carboxylic acids is 1. The number of benzene rings is 1. The van der Waals surface area contributed by atoms with E-state index >= 15 is 0 Å². The van der Waals surface area contributed by atoms with Gasteiger partial charge in [-0.05, 0) is 18.6 Å². The molecule has 0 saturated heterocycles. The first-order valence-corrected chi connectivity index (χ1v) is 5.61. The van der Waals surface area contributed by atoms with Crippen molar-refractivity contribution in [3.05, 3.63) is 18.2 Å². The monoisotopic (exact) mass is 237 g/mol. The van der Waals surface area contributed by atoms with E-state index in [1.54, 1.807) is 25.3 Å². The Morgan fingerprint density at radius 2 is 2.24 bits per heavy atom. The quantitative estimate of drug-likeness (QED) is 0.650. The maximum absolute atomic E-state index is 11.4. The molecule has 0 aliphatic rings. The van der Waals surface area contributed by atoms with Crippen LogP contribution in [0, 0.1) is 0 Å². The van der Waals surface area contributed by atoms with Crippen molar-refractivity contribution in [2.75, 3.05) is 31.2 Å². The summed E-state index contributed by atoms with van der Waals surface area (Å²) in [5.41, 5.74) is 7.08. The highest BCUT2D eigenvalue weighted by Crippen LogP contribution is 2.23. The minimum Gasteiger partial charge on any atom is -0.497 e. The summed E-state index contributed by atoms with van der Waals surface area (Å²) in [4.78, 5) is 11.4. The van der Waals surface area contributed by atoms with Crippen molar-refractivity contribution in [1.82, 2.24) is 5.32 Å². The number of rotatable bonds is 6. The van der Waals surface area contributed by atoms with Gasteiger partial charge in [-0.15, -0.1) is 0 Å². The van der Waals surface area contributed by atoms with Crippen molar-refractivity contribution in [3.8, 4) is 5.75 Å². The van der Waals surface area contributed by atoms with E-state index in [0.29, 0.717) is 23.7 Å². The summed E-state index contributed by atoms with van der Waals surface area (Å²) in [5.74, 6) is 0.657. The Kier molecular flexibility index (Phi) is 5.13. The standard InChI is InChI=1S/C12H19N3O2/c1-3-6-14-12(16)8-15-11-7-9(17-2)4-5-10(11)13/h4-5,7,15H,3,6,8,13H2,1-2H3,(H,14,16). The lowest BCUT2D eigenvalue weighted by Crippen LogP contribution is -2.30. The molecule has 1 amide bonds. The number of carbonyl (C=O) groups is 1. The zero-order valence-corrected chi connectivity index (χ0v) is 10.2. The maximum atomic E-state index is 11.4. The minimum absolute atomic E-state index is 0.0472. The second-order valence-electron chi connectivity index (χ2n) is 3.66. The van der Waals surface area contributed by atoms with Gasteiger partial charge in [0, 0.05) is 12.6 Å². The molecule has 1 aromatic rings. The van der Waals surface area contributed by atoms with Gasteiger partial charge in [-0.1, -0.05) is 6.92 Å². The second-order valence-corrected chi connectivity index (χ2v) is 3.66. The molecule has 0 aromatic heterocycles. The summed E-state index contributed by atoms with van der Waals surface area (Å²) in [6, 6.07) is 5.28. The third-order valence-electron chi connectivity index (χ3n) is 2.27. The normalized spacial score (nSPS) is 9.76. The van der Waals surface area contributed by atoms with Crippen LogP contribution in [-0.4, -0.2) is 26.1 Å². The average molecular weight is 237 g/mol. The van der Waals surface area contributed by atoms with Gasteiger partial charge in [0.25, 0.3) is 0 Å². The summed E-state index contributed by atoms with van der Waals surface area (Å²) in [6.45, 7) is 2.90. The van der Waals surface area contributed by atoms with Crippen LogP contribution in [0.25, 0.3) is 0 Å². The topological polar surface area (TPSA) is 76.4 Å². The molecule has 0 radical (unpaired) electrons. The number of nitrogens with two attached hydrogens (primary N) is 1. The first kappa shape index (κ1) is 13.2. The fourth-order valence-corrected chi connectivity index (χ4v) is 1.32. The van der Waals surface area contributed by atoms with Gasteiger partial charge in [-0.2, -0.15) is 0 Å². The van der Waals surface area contributed by atoms with Crippen LogP contribution in [0.1, 0.15) is 13.3 Å². The lowest BCUT2D eigenvalue weighted by atomic mass is 10.2. The van der Waals surface area contributed by atoms with Gasteiger partial charge < -0.3 is 21.1 Å². The molecule has 0 saturated carbocycles. The highest BCUT2D eigenvalue weighted by atomic mass is 16.5. The molecule has 0 aliphatic carbocycles. The molecule has 0 unspecified atom stereocenters. The number of methoxy groups -OCH3 is 1. The zero-order chi connectivity index (χ0) is 12.7. The molecular formula is C12H19N3O2. The number of hydrogen-bond acceptors (Lipinski definition) is 4. The molecule has 1 rings (SSSR count). The molecule has 94 valence electrons. The first-order valence-electron chi connectivity index (χ1n) is 5.61. The number of hydrogen-bond donors (Lipinski definition) is 3. The van der Waals surface area contributed by atoms with Crippen LogP contribution in [0.3, 0.4) is 0 Å². The smallest absolute Gasteiger partial charge is 0.239 e. The Labute approximate surface area is 101 Å². The summed E-state index contributed by atoms with van der Waals surface area (Å²) in [6.07, 6.45) is 0.924. The molecule has 0 heterocycles. The van der Waals surface area contributed by atoms with Gasteiger partial charge in [0.2, 0.25) is 5.91 Å². The van der Waals surface area contributed by atoms with Gasteiger partial charge in [0.05, 0.1) is 25.0 Å². The van der Waals surface area contributed by atoms with Crippen molar-refractivity contribution in [3.63, 3.8) is 0 Å². The first-order chi connectivity index (χ1) is 8.17. The minimum atomic E-state index is -0.0472. The predicted molar refractivity (Wildman–Crippen MR) is 69.2 cm³/mol. The fourth-order valence-electron chi connectivity index (χ4n) is 1.32. The van der Waals surface area contributed by atoms with Crippen LogP contribution in [0.15, 0.2) is 18.2 Å². The second kappa shape index (κ2) is 6.62. The van der Waals surface area contributed by atoms with Crippen molar-refractivity contribution >= 4 is 17.3 Å². The molecule has 5 heteroatoms. The van der Waals surface area contributed by atoms with E-state index in [9.17, 15) is 4.79 Å². The molecule has 4 N–H and O–H groups in total. The lowest BCUT2D eigenvalue weighted by molar-refractivity contribution is -0.119. The third-order valence-corrected chi connectivity index (χ3v) is 2.27. The van der Waals surface area contributed by atoms with Crippen LogP contribution in [-0.2, 0) is 4.79 Å².